The number of rotatable bonds is 6. The van der Waals surface area contributed by atoms with E-state index < -0.39 is 23.5 Å². The number of ether oxygens (including phenoxy) is 1. The monoisotopic (exact) mass is 293 g/mol. The van der Waals surface area contributed by atoms with Gasteiger partial charge in [-0.1, -0.05) is 24.3 Å². The summed E-state index contributed by atoms with van der Waals surface area (Å²) in [5, 5.41) is 9.25. The highest BCUT2D eigenvalue weighted by Gasteiger charge is 2.25. The molecule has 0 aliphatic rings. The van der Waals surface area contributed by atoms with Crippen LogP contribution in [0.15, 0.2) is 24.3 Å². The Bertz CT molecular complexity index is 488. The number of benzene rings is 1. The maximum atomic E-state index is 11.8. The second kappa shape index (κ2) is 7.22. The van der Waals surface area contributed by atoms with Crippen LogP contribution in [0.3, 0.4) is 0 Å². The van der Waals surface area contributed by atoms with E-state index >= 15 is 0 Å². The third kappa shape index (κ3) is 6.40. The molecule has 0 heterocycles. The minimum absolute atomic E-state index is 0.134. The van der Waals surface area contributed by atoms with Crippen LogP contribution >= 0.6 is 0 Å². The highest BCUT2D eigenvalue weighted by atomic mass is 16.6. The number of aliphatic carboxylic acids is 1. The molecule has 3 N–H and O–H groups in total. The first-order valence-corrected chi connectivity index (χ1v) is 6.94. The Morgan fingerprint density at radius 2 is 1.71 bits per heavy atom. The molecule has 1 aromatic rings. The van der Waals surface area contributed by atoms with Crippen molar-refractivity contribution in [2.45, 2.75) is 45.8 Å². The number of esters is 1. The third-order valence-corrected chi connectivity index (χ3v) is 2.92. The molecule has 5 heteroatoms. The number of carbonyl (C=O) groups is 2. The van der Waals surface area contributed by atoms with E-state index in [0.717, 1.165) is 11.1 Å². The molecule has 0 saturated carbocycles. The van der Waals surface area contributed by atoms with Crippen molar-refractivity contribution in [3.05, 3.63) is 35.4 Å². The zero-order valence-corrected chi connectivity index (χ0v) is 12.8. The van der Waals surface area contributed by atoms with E-state index in [4.69, 9.17) is 10.5 Å². The summed E-state index contributed by atoms with van der Waals surface area (Å²) in [6, 6.07) is 7.41. The number of hydrogen-bond donors (Lipinski definition) is 2. The minimum atomic E-state index is -0.997. The Morgan fingerprint density at radius 1 is 1.19 bits per heavy atom. The van der Waals surface area contributed by atoms with Crippen LogP contribution in [0.25, 0.3) is 0 Å². The number of hydrogen-bond acceptors (Lipinski definition) is 4. The van der Waals surface area contributed by atoms with Crippen LogP contribution in [0, 0.1) is 5.92 Å². The predicted molar refractivity (Wildman–Crippen MR) is 79.6 cm³/mol. The fraction of sp³-hybridized carbons (Fsp3) is 0.500. The van der Waals surface area contributed by atoms with E-state index in [2.05, 4.69) is 0 Å². The van der Waals surface area contributed by atoms with Crippen LogP contribution in [0.1, 0.15) is 38.3 Å². The number of carboxylic acid groups (broad SMARTS) is 1. The summed E-state index contributed by atoms with van der Waals surface area (Å²) in [6.07, 6.45) is 0.157. The Morgan fingerprint density at radius 3 is 2.14 bits per heavy atom. The Hall–Kier alpha value is -1.88. The van der Waals surface area contributed by atoms with Gasteiger partial charge < -0.3 is 15.6 Å². The normalized spacial score (nSPS) is 12.8. The highest BCUT2D eigenvalue weighted by Crippen LogP contribution is 2.17. The van der Waals surface area contributed by atoms with Gasteiger partial charge in [-0.05, 0) is 38.3 Å². The summed E-state index contributed by atoms with van der Waals surface area (Å²) < 4.78 is 5.17. The van der Waals surface area contributed by atoms with Crippen LogP contribution in [0.2, 0.25) is 0 Å². The summed E-state index contributed by atoms with van der Waals surface area (Å²) in [5.41, 5.74) is 6.76. The molecule has 1 atom stereocenters. The average Bonchev–Trinajstić information content (AvgIpc) is 2.36. The van der Waals surface area contributed by atoms with Gasteiger partial charge in [-0.2, -0.15) is 0 Å². The van der Waals surface area contributed by atoms with Crippen molar-refractivity contribution in [3.8, 4) is 0 Å². The SMILES string of the molecule is CC(C)(C)OC(=O)C[C@@H](Cc1ccc(CN)cc1)C(=O)O. The Labute approximate surface area is 125 Å². The molecule has 0 fully saturated rings. The fourth-order valence-corrected chi connectivity index (χ4v) is 1.93. The van der Waals surface area contributed by atoms with Crippen molar-refractivity contribution in [2.75, 3.05) is 0 Å². The zero-order valence-electron chi connectivity index (χ0n) is 12.8. The molecule has 1 aromatic carbocycles. The van der Waals surface area contributed by atoms with Gasteiger partial charge in [0.2, 0.25) is 0 Å². The largest absolute Gasteiger partial charge is 0.481 e. The molecule has 0 bridgehead atoms. The lowest BCUT2D eigenvalue weighted by Crippen LogP contribution is -2.28. The lowest BCUT2D eigenvalue weighted by molar-refractivity contribution is -0.159. The van der Waals surface area contributed by atoms with Gasteiger partial charge in [0.1, 0.15) is 5.60 Å². The maximum Gasteiger partial charge on any atom is 0.307 e. The molecule has 0 unspecified atom stereocenters. The molecule has 0 aliphatic heterocycles. The van der Waals surface area contributed by atoms with E-state index in [-0.39, 0.29) is 6.42 Å². The molecule has 0 saturated heterocycles. The summed E-state index contributed by atoms with van der Waals surface area (Å²) in [7, 11) is 0. The van der Waals surface area contributed by atoms with Crippen LogP contribution in [0.5, 0.6) is 0 Å². The topological polar surface area (TPSA) is 89.6 Å². The number of carbonyl (C=O) groups excluding carboxylic acids is 1. The Balaban J connectivity index is 2.69. The minimum Gasteiger partial charge on any atom is -0.481 e. The maximum absolute atomic E-state index is 11.8. The Kier molecular flexibility index (Phi) is 5.90. The molecule has 0 spiro atoms. The van der Waals surface area contributed by atoms with E-state index in [1.54, 1.807) is 20.8 Å². The zero-order chi connectivity index (χ0) is 16.0. The van der Waals surface area contributed by atoms with Gasteiger partial charge in [0.05, 0.1) is 12.3 Å². The molecule has 0 aliphatic carbocycles. The van der Waals surface area contributed by atoms with Crippen LogP contribution in [-0.2, 0) is 27.3 Å². The van der Waals surface area contributed by atoms with Crippen molar-refractivity contribution in [1.29, 1.82) is 0 Å². The lowest BCUT2D eigenvalue weighted by atomic mass is 9.95. The highest BCUT2D eigenvalue weighted by molar-refractivity contribution is 5.79. The van der Waals surface area contributed by atoms with Gasteiger partial charge in [0, 0.05) is 6.54 Å². The van der Waals surface area contributed by atoms with E-state index in [9.17, 15) is 14.7 Å². The lowest BCUT2D eigenvalue weighted by Gasteiger charge is -2.21. The van der Waals surface area contributed by atoms with Gasteiger partial charge in [-0.3, -0.25) is 9.59 Å². The fourth-order valence-electron chi connectivity index (χ4n) is 1.93. The molecule has 0 amide bonds. The number of nitrogens with two attached hydrogens (primary N) is 1. The van der Waals surface area contributed by atoms with E-state index in [0.29, 0.717) is 13.0 Å². The standard InChI is InChI=1S/C16H23NO4/c1-16(2,3)21-14(18)9-13(15(19)20)8-11-4-6-12(10-17)7-5-11/h4-7,13H,8-10,17H2,1-3H3,(H,19,20)/t13-/m1/s1. The first-order valence-electron chi connectivity index (χ1n) is 6.94. The molecule has 21 heavy (non-hydrogen) atoms. The van der Waals surface area contributed by atoms with Crippen molar-refractivity contribution in [1.82, 2.24) is 0 Å². The molecular formula is C16H23NO4. The van der Waals surface area contributed by atoms with E-state index in [1.165, 1.54) is 0 Å². The van der Waals surface area contributed by atoms with Crippen LogP contribution in [-0.4, -0.2) is 22.6 Å². The average molecular weight is 293 g/mol. The van der Waals surface area contributed by atoms with Crippen molar-refractivity contribution >= 4 is 11.9 Å². The predicted octanol–water partition coefficient (Wildman–Crippen LogP) is 2.12. The molecule has 0 radical (unpaired) electrons. The molecule has 5 nitrogen and oxygen atoms in total. The smallest absolute Gasteiger partial charge is 0.307 e. The van der Waals surface area contributed by atoms with Crippen LogP contribution < -0.4 is 5.73 Å². The van der Waals surface area contributed by atoms with Gasteiger partial charge >= 0.3 is 11.9 Å². The first-order chi connectivity index (χ1) is 9.71. The van der Waals surface area contributed by atoms with Gasteiger partial charge in [0.25, 0.3) is 0 Å². The van der Waals surface area contributed by atoms with Crippen molar-refractivity contribution in [2.24, 2.45) is 11.7 Å². The van der Waals surface area contributed by atoms with Gasteiger partial charge in [-0.25, -0.2) is 0 Å². The summed E-state index contributed by atoms with van der Waals surface area (Å²) in [4.78, 5) is 23.1. The third-order valence-electron chi connectivity index (χ3n) is 2.92. The number of carboxylic acids is 1. The second-order valence-corrected chi connectivity index (χ2v) is 6.05. The quantitative estimate of drug-likeness (QED) is 0.784. The van der Waals surface area contributed by atoms with Gasteiger partial charge in [0.15, 0.2) is 0 Å². The summed E-state index contributed by atoms with van der Waals surface area (Å²) in [6.45, 7) is 5.71. The molecule has 116 valence electrons. The summed E-state index contributed by atoms with van der Waals surface area (Å²) >= 11 is 0. The summed E-state index contributed by atoms with van der Waals surface area (Å²) in [5.74, 6) is -2.28. The van der Waals surface area contributed by atoms with Crippen LogP contribution in [0.4, 0.5) is 0 Å². The van der Waals surface area contributed by atoms with E-state index in [1.807, 2.05) is 24.3 Å². The van der Waals surface area contributed by atoms with Crippen molar-refractivity contribution in [3.63, 3.8) is 0 Å². The molecular weight excluding hydrogens is 270 g/mol. The van der Waals surface area contributed by atoms with Gasteiger partial charge in [-0.15, -0.1) is 0 Å². The first kappa shape index (κ1) is 17.2. The molecule has 0 aromatic heterocycles. The van der Waals surface area contributed by atoms with Crippen molar-refractivity contribution < 1.29 is 19.4 Å². The second-order valence-electron chi connectivity index (χ2n) is 6.05. The molecule has 1 rings (SSSR count).